The second-order valence-corrected chi connectivity index (χ2v) is 6.02. The van der Waals surface area contributed by atoms with Crippen molar-refractivity contribution >= 4 is 11.6 Å². The van der Waals surface area contributed by atoms with Crippen molar-refractivity contribution < 1.29 is 22.7 Å². The number of carbonyl (C=O) groups excluding carboxylic acids is 1. The topological polar surface area (TPSA) is 29.5 Å². The summed E-state index contributed by atoms with van der Waals surface area (Å²) < 4.78 is 43.8. The van der Waals surface area contributed by atoms with Crippen molar-refractivity contribution in [1.82, 2.24) is 0 Å². The summed E-state index contributed by atoms with van der Waals surface area (Å²) >= 11 is 0. The maximum atomic E-state index is 12.9. The lowest BCUT2D eigenvalue weighted by atomic mass is 9.98. The molecule has 3 rings (SSSR count). The number of alkyl halides is 3. The molecule has 0 unspecified atom stereocenters. The Balaban J connectivity index is 1.83. The van der Waals surface area contributed by atoms with Crippen molar-refractivity contribution in [3.8, 4) is 5.75 Å². The molecule has 0 N–H and O–H groups in total. The molecule has 1 amide bonds. The first-order valence-corrected chi connectivity index (χ1v) is 8.02. The number of benzene rings is 2. The Labute approximate surface area is 144 Å². The van der Waals surface area contributed by atoms with Crippen molar-refractivity contribution in [2.45, 2.75) is 25.4 Å². The van der Waals surface area contributed by atoms with E-state index in [1.165, 1.54) is 6.07 Å². The highest BCUT2D eigenvalue weighted by atomic mass is 19.4. The third-order valence-electron chi connectivity index (χ3n) is 4.32. The first-order chi connectivity index (χ1) is 11.9. The van der Waals surface area contributed by atoms with Crippen LogP contribution in [0.2, 0.25) is 0 Å². The molecule has 0 aliphatic carbocycles. The van der Waals surface area contributed by atoms with Gasteiger partial charge in [0.15, 0.2) is 0 Å². The summed E-state index contributed by atoms with van der Waals surface area (Å²) in [5, 5.41) is 0. The van der Waals surface area contributed by atoms with Crippen LogP contribution in [0.15, 0.2) is 42.5 Å². The number of rotatable bonds is 3. The van der Waals surface area contributed by atoms with Gasteiger partial charge in [0.2, 0.25) is 5.91 Å². The number of halogens is 3. The van der Waals surface area contributed by atoms with Gasteiger partial charge in [0.1, 0.15) is 5.75 Å². The largest absolute Gasteiger partial charge is 0.497 e. The predicted molar refractivity (Wildman–Crippen MR) is 88.8 cm³/mol. The number of methoxy groups -OCH3 is 1. The minimum Gasteiger partial charge on any atom is -0.497 e. The van der Waals surface area contributed by atoms with Crippen molar-refractivity contribution in [2.24, 2.45) is 0 Å². The van der Waals surface area contributed by atoms with Crippen molar-refractivity contribution in [3.63, 3.8) is 0 Å². The lowest BCUT2D eigenvalue weighted by Gasteiger charge is -2.30. The van der Waals surface area contributed by atoms with E-state index in [4.69, 9.17) is 4.74 Å². The molecular formula is C19H18F3NO2. The standard InChI is InChI=1S/C19H18F3NO2/c1-25-16-6-2-4-13(10-16)11-18(24)23-9-3-5-14-12-15(19(20,21)22)7-8-17(14)23/h2,4,6-8,10,12H,3,5,9,11H2,1H3. The molecule has 2 aromatic rings. The highest BCUT2D eigenvalue weighted by Gasteiger charge is 2.32. The first-order valence-electron chi connectivity index (χ1n) is 8.02. The average Bonchev–Trinajstić information content (AvgIpc) is 2.60. The highest BCUT2D eigenvalue weighted by molar-refractivity contribution is 5.96. The zero-order chi connectivity index (χ0) is 18.0. The summed E-state index contributed by atoms with van der Waals surface area (Å²) in [5.74, 6) is 0.535. The first kappa shape index (κ1) is 17.3. The van der Waals surface area contributed by atoms with Gasteiger partial charge in [-0.1, -0.05) is 12.1 Å². The highest BCUT2D eigenvalue weighted by Crippen LogP contribution is 2.35. The molecule has 0 aromatic heterocycles. The summed E-state index contributed by atoms with van der Waals surface area (Å²) in [6.07, 6.45) is -3.00. The smallest absolute Gasteiger partial charge is 0.416 e. The van der Waals surface area contributed by atoms with Crippen LogP contribution in [0.1, 0.15) is 23.1 Å². The molecule has 0 atom stereocenters. The lowest BCUT2D eigenvalue weighted by molar-refractivity contribution is -0.137. The zero-order valence-electron chi connectivity index (χ0n) is 13.8. The number of amides is 1. The van der Waals surface area contributed by atoms with Gasteiger partial charge in [-0.05, 0) is 54.3 Å². The fourth-order valence-electron chi connectivity index (χ4n) is 3.08. The molecule has 0 spiro atoms. The van der Waals surface area contributed by atoms with Gasteiger partial charge in [0.25, 0.3) is 0 Å². The van der Waals surface area contributed by atoms with Gasteiger partial charge in [-0.2, -0.15) is 13.2 Å². The molecule has 0 fully saturated rings. The van der Waals surface area contributed by atoms with Gasteiger partial charge >= 0.3 is 6.18 Å². The number of hydrogen-bond acceptors (Lipinski definition) is 2. The van der Waals surface area contributed by atoms with E-state index in [-0.39, 0.29) is 12.3 Å². The zero-order valence-corrected chi connectivity index (χ0v) is 13.8. The molecule has 6 heteroatoms. The third kappa shape index (κ3) is 3.78. The summed E-state index contributed by atoms with van der Waals surface area (Å²) in [6.45, 7) is 0.515. The molecule has 3 nitrogen and oxygen atoms in total. The minimum absolute atomic E-state index is 0.131. The molecular weight excluding hydrogens is 331 g/mol. The molecule has 0 saturated heterocycles. The van der Waals surface area contributed by atoms with E-state index in [0.717, 1.165) is 17.7 Å². The number of nitrogens with zero attached hydrogens (tertiary/aromatic N) is 1. The molecule has 132 valence electrons. The van der Waals surface area contributed by atoms with Gasteiger partial charge in [-0.3, -0.25) is 4.79 Å². The Morgan fingerprint density at radius 1 is 1.20 bits per heavy atom. The molecule has 0 radical (unpaired) electrons. The van der Waals surface area contributed by atoms with E-state index < -0.39 is 11.7 Å². The molecule has 2 aromatic carbocycles. The molecule has 0 bridgehead atoms. The number of fused-ring (bicyclic) bond motifs is 1. The predicted octanol–water partition coefficient (Wildman–Crippen LogP) is 4.24. The Morgan fingerprint density at radius 3 is 2.72 bits per heavy atom. The van der Waals surface area contributed by atoms with Gasteiger partial charge in [-0.25, -0.2) is 0 Å². The number of aryl methyl sites for hydroxylation is 1. The Hall–Kier alpha value is -2.50. The van der Waals surface area contributed by atoms with Gasteiger partial charge < -0.3 is 9.64 Å². The maximum absolute atomic E-state index is 12.9. The van der Waals surface area contributed by atoms with Crippen LogP contribution in [0, 0.1) is 0 Å². The average molecular weight is 349 g/mol. The van der Waals surface area contributed by atoms with Gasteiger partial charge in [0, 0.05) is 12.2 Å². The Kier molecular flexibility index (Phi) is 4.70. The molecule has 0 saturated carbocycles. The number of carbonyl (C=O) groups is 1. The summed E-state index contributed by atoms with van der Waals surface area (Å²) in [6, 6.07) is 10.8. The van der Waals surface area contributed by atoms with Crippen LogP contribution in [-0.4, -0.2) is 19.6 Å². The molecule has 1 aliphatic heterocycles. The fourth-order valence-corrected chi connectivity index (χ4v) is 3.08. The Bertz CT molecular complexity index is 786. The second-order valence-electron chi connectivity index (χ2n) is 6.02. The van der Waals surface area contributed by atoms with Crippen LogP contribution in [0.4, 0.5) is 18.9 Å². The molecule has 1 aliphatic rings. The maximum Gasteiger partial charge on any atom is 0.416 e. The number of ether oxygens (including phenoxy) is 1. The van der Waals surface area contributed by atoms with E-state index in [0.29, 0.717) is 36.4 Å². The normalized spacial score (nSPS) is 14.2. The van der Waals surface area contributed by atoms with Crippen molar-refractivity contribution in [2.75, 3.05) is 18.6 Å². The minimum atomic E-state index is -4.37. The van der Waals surface area contributed by atoms with E-state index in [1.807, 2.05) is 6.07 Å². The molecule has 1 heterocycles. The fraction of sp³-hybridized carbons (Fsp3) is 0.316. The SMILES string of the molecule is COc1cccc(CC(=O)N2CCCc3cc(C(F)(F)F)ccc32)c1. The van der Waals surface area contributed by atoms with Gasteiger partial charge in [-0.15, -0.1) is 0 Å². The quantitative estimate of drug-likeness (QED) is 0.830. The monoisotopic (exact) mass is 349 g/mol. The number of anilines is 1. The summed E-state index contributed by atoms with van der Waals surface area (Å²) in [7, 11) is 1.56. The van der Waals surface area contributed by atoms with Crippen LogP contribution in [-0.2, 0) is 23.8 Å². The molecule has 25 heavy (non-hydrogen) atoms. The van der Waals surface area contributed by atoms with Crippen molar-refractivity contribution in [3.05, 3.63) is 59.2 Å². The summed E-state index contributed by atoms with van der Waals surface area (Å²) in [5.41, 5.74) is 1.28. The van der Waals surface area contributed by atoms with Crippen LogP contribution < -0.4 is 9.64 Å². The third-order valence-corrected chi connectivity index (χ3v) is 4.32. The van der Waals surface area contributed by atoms with Crippen molar-refractivity contribution in [1.29, 1.82) is 0 Å². The Morgan fingerprint density at radius 2 is 2.00 bits per heavy atom. The van der Waals surface area contributed by atoms with Crippen LogP contribution >= 0.6 is 0 Å². The van der Waals surface area contributed by atoms with Crippen LogP contribution in [0.3, 0.4) is 0 Å². The van der Waals surface area contributed by atoms with E-state index in [9.17, 15) is 18.0 Å². The van der Waals surface area contributed by atoms with E-state index >= 15 is 0 Å². The lowest BCUT2D eigenvalue weighted by Crippen LogP contribution is -2.36. The van der Waals surface area contributed by atoms with E-state index in [1.54, 1.807) is 30.2 Å². The number of hydrogen-bond donors (Lipinski definition) is 0. The second kappa shape index (κ2) is 6.78. The van der Waals surface area contributed by atoms with E-state index in [2.05, 4.69) is 0 Å². The van der Waals surface area contributed by atoms with Crippen LogP contribution in [0.25, 0.3) is 0 Å². The van der Waals surface area contributed by atoms with Crippen LogP contribution in [0.5, 0.6) is 5.75 Å². The van der Waals surface area contributed by atoms with Gasteiger partial charge in [0.05, 0.1) is 19.1 Å². The summed E-state index contributed by atoms with van der Waals surface area (Å²) in [4.78, 5) is 14.3.